The fourth-order valence-electron chi connectivity index (χ4n) is 1.89. The van der Waals surface area contributed by atoms with Gasteiger partial charge in [-0.05, 0) is 23.3 Å². The Kier molecular flexibility index (Phi) is 5.46. The summed E-state index contributed by atoms with van der Waals surface area (Å²) in [5, 5.41) is 2.48. The SMILES string of the molecule is COCc1ccc(CNC(=O)c2cc(F)c(F)cc2Cl)cc1. The van der Waals surface area contributed by atoms with Gasteiger partial charge in [-0.15, -0.1) is 0 Å². The maximum absolute atomic E-state index is 13.2. The lowest BCUT2D eigenvalue weighted by atomic mass is 10.1. The normalized spacial score (nSPS) is 10.5. The van der Waals surface area contributed by atoms with Crippen LogP contribution in [-0.2, 0) is 17.9 Å². The second-order valence-electron chi connectivity index (χ2n) is 4.68. The zero-order valence-corrected chi connectivity index (χ0v) is 12.6. The molecule has 1 N–H and O–H groups in total. The van der Waals surface area contributed by atoms with E-state index in [4.69, 9.17) is 16.3 Å². The van der Waals surface area contributed by atoms with E-state index in [1.165, 1.54) is 0 Å². The van der Waals surface area contributed by atoms with Gasteiger partial charge in [-0.2, -0.15) is 0 Å². The molecule has 0 fully saturated rings. The van der Waals surface area contributed by atoms with Crippen molar-refractivity contribution in [2.75, 3.05) is 7.11 Å². The summed E-state index contributed by atoms with van der Waals surface area (Å²) in [6.07, 6.45) is 0. The molecule has 0 heterocycles. The van der Waals surface area contributed by atoms with Crippen molar-refractivity contribution in [3.05, 3.63) is 69.7 Å². The Bertz CT molecular complexity index is 675. The molecule has 3 nitrogen and oxygen atoms in total. The van der Waals surface area contributed by atoms with Gasteiger partial charge in [0.05, 0.1) is 17.2 Å². The van der Waals surface area contributed by atoms with E-state index < -0.39 is 17.5 Å². The first kappa shape index (κ1) is 16.4. The minimum atomic E-state index is -1.11. The van der Waals surface area contributed by atoms with Crippen LogP contribution in [0, 0.1) is 11.6 Å². The average Bonchev–Trinajstić information content (AvgIpc) is 2.50. The molecule has 0 aliphatic rings. The number of benzene rings is 2. The predicted octanol–water partition coefficient (Wildman–Crippen LogP) is 3.69. The molecule has 2 aromatic carbocycles. The van der Waals surface area contributed by atoms with Crippen molar-refractivity contribution in [2.24, 2.45) is 0 Å². The van der Waals surface area contributed by atoms with Crippen molar-refractivity contribution in [3.8, 4) is 0 Å². The molecule has 0 saturated carbocycles. The van der Waals surface area contributed by atoms with E-state index in [9.17, 15) is 13.6 Å². The molecule has 2 aromatic rings. The quantitative estimate of drug-likeness (QED) is 0.851. The molecule has 0 radical (unpaired) electrons. The smallest absolute Gasteiger partial charge is 0.253 e. The molecule has 2 rings (SSSR count). The summed E-state index contributed by atoms with van der Waals surface area (Å²) in [5.41, 5.74) is 1.78. The first-order chi connectivity index (χ1) is 10.5. The zero-order chi connectivity index (χ0) is 16.1. The molecule has 22 heavy (non-hydrogen) atoms. The number of ether oxygens (including phenoxy) is 1. The maximum Gasteiger partial charge on any atom is 0.253 e. The van der Waals surface area contributed by atoms with Gasteiger partial charge < -0.3 is 10.1 Å². The van der Waals surface area contributed by atoms with Gasteiger partial charge in [0.2, 0.25) is 0 Å². The van der Waals surface area contributed by atoms with Crippen LogP contribution in [0.5, 0.6) is 0 Å². The monoisotopic (exact) mass is 325 g/mol. The topological polar surface area (TPSA) is 38.3 Å². The standard InChI is InChI=1S/C16H14ClF2NO2/c1-22-9-11-4-2-10(3-5-11)8-20-16(21)12-6-14(18)15(19)7-13(12)17/h2-7H,8-9H2,1H3,(H,20,21). The van der Waals surface area contributed by atoms with Gasteiger partial charge in [-0.3, -0.25) is 4.79 Å². The minimum absolute atomic E-state index is 0.100. The van der Waals surface area contributed by atoms with Crippen molar-refractivity contribution < 1.29 is 18.3 Å². The Morgan fingerprint density at radius 3 is 2.36 bits per heavy atom. The fourth-order valence-corrected chi connectivity index (χ4v) is 2.13. The summed E-state index contributed by atoms with van der Waals surface area (Å²) in [5.74, 6) is -2.77. The molecule has 0 saturated heterocycles. The van der Waals surface area contributed by atoms with Crippen molar-refractivity contribution in [1.29, 1.82) is 0 Å². The van der Waals surface area contributed by atoms with Crippen LogP contribution in [0.25, 0.3) is 0 Å². The van der Waals surface area contributed by atoms with Crippen LogP contribution in [-0.4, -0.2) is 13.0 Å². The van der Waals surface area contributed by atoms with Crippen LogP contribution in [0.4, 0.5) is 8.78 Å². The van der Waals surface area contributed by atoms with E-state index in [0.29, 0.717) is 6.61 Å². The molecule has 0 aromatic heterocycles. The van der Waals surface area contributed by atoms with Crippen LogP contribution in [0.2, 0.25) is 5.02 Å². The molecule has 0 bridgehead atoms. The molecule has 6 heteroatoms. The van der Waals surface area contributed by atoms with Crippen LogP contribution >= 0.6 is 11.6 Å². The van der Waals surface area contributed by atoms with E-state index >= 15 is 0 Å². The van der Waals surface area contributed by atoms with E-state index in [1.54, 1.807) is 7.11 Å². The lowest BCUT2D eigenvalue weighted by Crippen LogP contribution is -2.23. The summed E-state index contributed by atoms with van der Waals surface area (Å²) in [4.78, 5) is 12.0. The highest BCUT2D eigenvalue weighted by Crippen LogP contribution is 2.20. The Morgan fingerprint density at radius 2 is 1.73 bits per heavy atom. The third-order valence-electron chi connectivity index (χ3n) is 3.04. The summed E-state index contributed by atoms with van der Waals surface area (Å²) in [6, 6.07) is 9.04. The molecular formula is C16H14ClF2NO2. The number of carbonyl (C=O) groups is 1. The van der Waals surface area contributed by atoms with Gasteiger partial charge in [0.15, 0.2) is 11.6 Å². The summed E-state index contributed by atoms with van der Waals surface area (Å²) >= 11 is 5.75. The van der Waals surface area contributed by atoms with Gasteiger partial charge >= 0.3 is 0 Å². The number of halogens is 3. The average molecular weight is 326 g/mol. The highest BCUT2D eigenvalue weighted by molar-refractivity contribution is 6.33. The Hall–Kier alpha value is -1.98. The van der Waals surface area contributed by atoms with Gasteiger partial charge in [-0.25, -0.2) is 8.78 Å². The summed E-state index contributed by atoms with van der Waals surface area (Å²) < 4.78 is 31.2. The molecule has 0 aliphatic heterocycles. The molecular weight excluding hydrogens is 312 g/mol. The van der Waals surface area contributed by atoms with Crippen molar-refractivity contribution in [3.63, 3.8) is 0 Å². The summed E-state index contributed by atoms with van der Waals surface area (Å²) in [6.45, 7) is 0.762. The number of nitrogens with one attached hydrogen (secondary N) is 1. The zero-order valence-electron chi connectivity index (χ0n) is 11.8. The molecule has 1 amide bonds. The minimum Gasteiger partial charge on any atom is -0.380 e. The lowest BCUT2D eigenvalue weighted by molar-refractivity contribution is 0.0950. The number of amides is 1. The fraction of sp³-hybridized carbons (Fsp3) is 0.188. The Labute approximate surface area is 131 Å². The molecule has 0 unspecified atom stereocenters. The number of hydrogen-bond acceptors (Lipinski definition) is 2. The number of methoxy groups -OCH3 is 1. The third kappa shape index (κ3) is 4.02. The highest BCUT2D eigenvalue weighted by atomic mass is 35.5. The number of rotatable bonds is 5. The van der Waals surface area contributed by atoms with E-state index in [1.807, 2.05) is 24.3 Å². The number of hydrogen-bond donors (Lipinski definition) is 1. The first-order valence-electron chi connectivity index (χ1n) is 6.50. The third-order valence-corrected chi connectivity index (χ3v) is 3.35. The van der Waals surface area contributed by atoms with Crippen LogP contribution in [0.1, 0.15) is 21.5 Å². The van der Waals surface area contributed by atoms with Crippen molar-refractivity contribution >= 4 is 17.5 Å². The van der Waals surface area contributed by atoms with Gasteiger partial charge in [0.1, 0.15) is 0 Å². The van der Waals surface area contributed by atoms with E-state index in [-0.39, 0.29) is 17.1 Å². The van der Waals surface area contributed by atoms with Crippen LogP contribution < -0.4 is 5.32 Å². The van der Waals surface area contributed by atoms with Crippen molar-refractivity contribution in [2.45, 2.75) is 13.2 Å². The van der Waals surface area contributed by atoms with Gasteiger partial charge in [0, 0.05) is 13.7 Å². The Morgan fingerprint density at radius 1 is 1.14 bits per heavy atom. The van der Waals surface area contributed by atoms with Gasteiger partial charge in [-0.1, -0.05) is 35.9 Å². The molecule has 0 aliphatic carbocycles. The number of carbonyl (C=O) groups excluding carboxylic acids is 1. The molecule has 0 atom stereocenters. The van der Waals surface area contributed by atoms with Gasteiger partial charge in [0.25, 0.3) is 5.91 Å². The summed E-state index contributed by atoms with van der Waals surface area (Å²) in [7, 11) is 1.61. The lowest BCUT2D eigenvalue weighted by Gasteiger charge is -2.08. The second-order valence-corrected chi connectivity index (χ2v) is 5.09. The second kappa shape index (κ2) is 7.33. The maximum atomic E-state index is 13.2. The van der Waals surface area contributed by atoms with E-state index in [2.05, 4.69) is 5.32 Å². The first-order valence-corrected chi connectivity index (χ1v) is 6.88. The highest BCUT2D eigenvalue weighted by Gasteiger charge is 2.14. The van der Waals surface area contributed by atoms with Crippen LogP contribution in [0.3, 0.4) is 0 Å². The Balaban J connectivity index is 2.02. The van der Waals surface area contributed by atoms with Crippen LogP contribution in [0.15, 0.2) is 36.4 Å². The largest absolute Gasteiger partial charge is 0.380 e. The molecule has 116 valence electrons. The van der Waals surface area contributed by atoms with E-state index in [0.717, 1.165) is 23.3 Å². The van der Waals surface area contributed by atoms with Crippen molar-refractivity contribution in [1.82, 2.24) is 5.32 Å². The predicted molar refractivity (Wildman–Crippen MR) is 79.7 cm³/mol. The molecule has 0 spiro atoms.